The second-order valence-corrected chi connectivity index (χ2v) is 8.51. The van der Waals surface area contributed by atoms with Gasteiger partial charge < -0.3 is 10.0 Å². The zero-order chi connectivity index (χ0) is 15.7. The molecule has 2 rings (SSSR count). The number of halogens is 2. The summed E-state index contributed by atoms with van der Waals surface area (Å²) < 4.78 is 0. The Morgan fingerprint density at radius 1 is 1.00 bits per heavy atom. The molecule has 0 spiro atoms. The van der Waals surface area contributed by atoms with Crippen LogP contribution in [0, 0.1) is 0 Å². The summed E-state index contributed by atoms with van der Waals surface area (Å²) in [6.07, 6.45) is 0. The first-order valence-electron chi connectivity index (χ1n) is 6.32. The number of nitrogens with zero attached hydrogens (tertiary/aromatic N) is 1. The summed E-state index contributed by atoms with van der Waals surface area (Å²) in [5, 5.41) is 12.1. The molecule has 0 saturated heterocycles. The summed E-state index contributed by atoms with van der Waals surface area (Å²) in [5.74, 6) is 0.385. The number of hydrogen-bond acceptors (Lipinski definition) is 2. The predicted molar refractivity (Wildman–Crippen MR) is 91.2 cm³/mol. The Labute approximate surface area is 144 Å². The van der Waals surface area contributed by atoms with Gasteiger partial charge in [0.25, 0.3) is 0 Å². The zero-order valence-electron chi connectivity index (χ0n) is 12.0. The fourth-order valence-corrected chi connectivity index (χ4v) is 3.03. The van der Waals surface area contributed by atoms with E-state index in [9.17, 15) is 5.11 Å². The van der Waals surface area contributed by atoms with Gasteiger partial charge in [-0.3, -0.25) is 0 Å². The van der Waals surface area contributed by atoms with Crippen molar-refractivity contribution >= 4 is 37.8 Å². The van der Waals surface area contributed by atoms with Crippen LogP contribution in [0.3, 0.4) is 0 Å². The van der Waals surface area contributed by atoms with Crippen LogP contribution in [0.2, 0.25) is 0 Å². The normalized spacial score (nSPS) is 10.5. The molecule has 0 fully saturated rings. The third-order valence-electron chi connectivity index (χ3n) is 2.68. The Morgan fingerprint density at radius 2 is 1.52 bits per heavy atom. The van der Waals surface area contributed by atoms with Crippen molar-refractivity contribution in [3.05, 3.63) is 54.1 Å². The molecule has 0 aliphatic heterocycles. The molecule has 1 atom stereocenters. The fourth-order valence-electron chi connectivity index (χ4n) is 1.85. The molecule has 2 aromatic carbocycles. The first kappa shape index (κ1) is 19.0. The number of phenolic OH excluding ortho intramolecular Hbond substituents is 1. The van der Waals surface area contributed by atoms with E-state index < -0.39 is 17.0 Å². The van der Waals surface area contributed by atoms with E-state index >= 15 is 0 Å². The SMILES string of the molecule is CN(C)Cc1ccccc1Pc1ccccc1O.[Cl][Ti][Cl]. The first-order chi connectivity index (χ1) is 10.1. The van der Waals surface area contributed by atoms with Crippen molar-refractivity contribution in [2.45, 2.75) is 6.54 Å². The van der Waals surface area contributed by atoms with E-state index in [-0.39, 0.29) is 0 Å². The molecule has 0 bridgehead atoms. The van der Waals surface area contributed by atoms with E-state index in [0.29, 0.717) is 14.3 Å². The van der Waals surface area contributed by atoms with Gasteiger partial charge in [0.1, 0.15) is 5.75 Å². The monoisotopic (exact) mass is 377 g/mol. The molecule has 112 valence electrons. The molecule has 21 heavy (non-hydrogen) atoms. The number of phenols is 1. The average Bonchev–Trinajstić information content (AvgIpc) is 2.44. The summed E-state index contributed by atoms with van der Waals surface area (Å²) in [4.78, 5) is 2.16. The van der Waals surface area contributed by atoms with Gasteiger partial charge in [-0.15, -0.1) is 0 Å². The van der Waals surface area contributed by atoms with Crippen LogP contribution >= 0.6 is 27.2 Å². The van der Waals surface area contributed by atoms with Crippen molar-refractivity contribution in [3.8, 4) is 5.75 Å². The summed E-state index contributed by atoms with van der Waals surface area (Å²) in [5.41, 5.74) is 1.32. The van der Waals surface area contributed by atoms with E-state index in [1.807, 2.05) is 18.2 Å². The van der Waals surface area contributed by atoms with E-state index in [1.165, 1.54) is 10.9 Å². The van der Waals surface area contributed by atoms with Gasteiger partial charge >= 0.3 is 35.6 Å². The van der Waals surface area contributed by atoms with E-state index in [0.717, 1.165) is 11.8 Å². The fraction of sp³-hybridized carbons (Fsp3) is 0.200. The van der Waals surface area contributed by atoms with Gasteiger partial charge in [-0.1, -0.05) is 51.0 Å². The van der Waals surface area contributed by atoms with Gasteiger partial charge in [0, 0.05) is 11.8 Å². The number of hydrogen-bond donors (Lipinski definition) is 1. The van der Waals surface area contributed by atoms with Crippen LogP contribution in [-0.2, 0) is 23.6 Å². The minimum atomic E-state index is -0.556. The van der Waals surface area contributed by atoms with Crippen LogP contribution < -0.4 is 10.6 Å². The zero-order valence-corrected chi connectivity index (χ0v) is 16.0. The Hall–Kier alpha value is -0.0757. The summed E-state index contributed by atoms with van der Waals surface area (Å²) in [7, 11) is 14.4. The van der Waals surface area contributed by atoms with Crippen LogP contribution in [0.1, 0.15) is 5.56 Å². The van der Waals surface area contributed by atoms with Gasteiger partial charge in [-0.25, -0.2) is 0 Å². The van der Waals surface area contributed by atoms with Gasteiger partial charge in [0.15, 0.2) is 0 Å². The van der Waals surface area contributed by atoms with Crippen LogP contribution in [0.25, 0.3) is 0 Å². The second kappa shape index (κ2) is 10.6. The van der Waals surface area contributed by atoms with Gasteiger partial charge in [-0.2, -0.15) is 0 Å². The summed E-state index contributed by atoms with van der Waals surface area (Å²) >= 11 is -0.556. The molecule has 0 saturated carbocycles. The number of para-hydroxylation sites is 1. The van der Waals surface area contributed by atoms with Crippen LogP contribution in [0.15, 0.2) is 48.5 Å². The van der Waals surface area contributed by atoms with Crippen molar-refractivity contribution in [1.29, 1.82) is 0 Å². The summed E-state index contributed by atoms with van der Waals surface area (Å²) in [6.45, 7) is 0.927. The van der Waals surface area contributed by atoms with Crippen molar-refractivity contribution in [3.63, 3.8) is 0 Å². The molecule has 0 aromatic heterocycles. The molecule has 2 aromatic rings. The maximum absolute atomic E-state index is 9.84. The minimum absolute atomic E-state index is 0.385. The third-order valence-corrected chi connectivity index (χ3v) is 4.13. The Morgan fingerprint density at radius 3 is 2.10 bits per heavy atom. The topological polar surface area (TPSA) is 23.5 Å². The Kier molecular flexibility index (Phi) is 9.59. The van der Waals surface area contributed by atoms with E-state index in [4.69, 9.17) is 18.6 Å². The second-order valence-electron chi connectivity index (χ2n) is 4.61. The Balaban J connectivity index is 0.000000677. The molecule has 0 radical (unpaired) electrons. The average molecular weight is 378 g/mol. The van der Waals surface area contributed by atoms with Gasteiger partial charge in [-0.05, 0) is 31.0 Å². The van der Waals surface area contributed by atoms with Gasteiger partial charge in [0.05, 0.1) is 0 Å². The maximum atomic E-state index is 9.84. The Bertz CT molecular complexity index is 555. The molecule has 6 heteroatoms. The molecule has 0 aliphatic carbocycles. The van der Waals surface area contributed by atoms with Crippen LogP contribution in [0.5, 0.6) is 5.75 Å². The molecule has 2 nitrogen and oxygen atoms in total. The molecule has 0 heterocycles. The number of rotatable bonds is 4. The van der Waals surface area contributed by atoms with Crippen molar-refractivity contribution in [1.82, 2.24) is 4.90 Å². The van der Waals surface area contributed by atoms with E-state index in [1.54, 1.807) is 6.07 Å². The van der Waals surface area contributed by atoms with Crippen molar-refractivity contribution in [2.24, 2.45) is 0 Å². The standard InChI is InChI=1S/C15H18NOP.2ClH.Ti/c1-16(2)11-12-7-3-5-9-14(12)18-15-10-6-4-8-13(15)17;;;/h3-10,17-18H,11H2,1-2H3;2*1H;/q;;;+2/p-2. The van der Waals surface area contributed by atoms with Crippen LogP contribution in [0.4, 0.5) is 0 Å². The first-order valence-corrected chi connectivity index (χ1v) is 11.6. The van der Waals surface area contributed by atoms with Gasteiger partial charge in [0.2, 0.25) is 0 Å². The van der Waals surface area contributed by atoms with Crippen molar-refractivity contribution in [2.75, 3.05) is 14.1 Å². The van der Waals surface area contributed by atoms with E-state index in [2.05, 4.69) is 43.3 Å². The molecular weight excluding hydrogens is 360 g/mol. The third kappa shape index (κ3) is 7.15. The summed E-state index contributed by atoms with van der Waals surface area (Å²) in [6, 6.07) is 16.0. The predicted octanol–water partition coefficient (Wildman–Crippen LogP) is 3.46. The van der Waals surface area contributed by atoms with Crippen molar-refractivity contribution < 1.29 is 22.1 Å². The van der Waals surface area contributed by atoms with Crippen LogP contribution in [-0.4, -0.2) is 24.1 Å². The number of benzene rings is 2. The quantitative estimate of drug-likeness (QED) is 0.651. The molecule has 0 amide bonds. The number of aromatic hydroxyl groups is 1. The molecular formula is C15H18Cl2NOPTi. The molecule has 0 aliphatic rings. The molecule has 1 N–H and O–H groups in total. The molecule has 1 unspecified atom stereocenters.